The summed E-state index contributed by atoms with van der Waals surface area (Å²) < 4.78 is 0. The monoisotopic (exact) mass is 442 g/mol. The van der Waals surface area contributed by atoms with Crippen molar-refractivity contribution < 1.29 is 19.5 Å². The van der Waals surface area contributed by atoms with Gasteiger partial charge < -0.3 is 9.94 Å². The fourth-order valence-corrected chi connectivity index (χ4v) is 3.89. The average molecular weight is 443 g/mol. The molecule has 4 rings (SSSR count). The highest BCUT2D eigenvalue weighted by atomic mass is 16.6. The molecule has 1 heterocycles. The van der Waals surface area contributed by atoms with Crippen molar-refractivity contribution in [1.82, 2.24) is 4.90 Å². The van der Waals surface area contributed by atoms with Gasteiger partial charge in [0, 0.05) is 12.0 Å². The molecule has 0 aromatic heterocycles. The van der Waals surface area contributed by atoms with Gasteiger partial charge in [0.05, 0.1) is 12.1 Å². The molecule has 1 atom stereocenters. The van der Waals surface area contributed by atoms with E-state index < -0.39 is 12.1 Å². The summed E-state index contributed by atoms with van der Waals surface area (Å²) in [6, 6.07) is 23.9. The number of hydrogen-bond donors (Lipinski definition) is 1. The van der Waals surface area contributed by atoms with Crippen molar-refractivity contribution in [1.29, 1.82) is 0 Å². The lowest BCUT2D eigenvalue weighted by atomic mass is 9.98. The van der Waals surface area contributed by atoms with E-state index in [4.69, 9.17) is 4.84 Å². The molecule has 168 valence electrons. The highest BCUT2D eigenvalue weighted by Crippen LogP contribution is 2.28. The van der Waals surface area contributed by atoms with Gasteiger partial charge >= 0.3 is 5.97 Å². The number of amidine groups is 1. The summed E-state index contributed by atoms with van der Waals surface area (Å²) in [6.07, 6.45) is 1.79. The zero-order valence-corrected chi connectivity index (χ0v) is 18.5. The van der Waals surface area contributed by atoms with Gasteiger partial charge in [0.1, 0.15) is 0 Å². The highest BCUT2D eigenvalue weighted by molar-refractivity contribution is 6.01. The maximum Gasteiger partial charge on any atom is 0.336 e. The Hall–Kier alpha value is -3.93. The molecule has 0 bridgehead atoms. The van der Waals surface area contributed by atoms with Crippen LogP contribution in [0.1, 0.15) is 53.8 Å². The molecule has 0 aliphatic carbocycles. The van der Waals surface area contributed by atoms with Crippen LogP contribution in [0.25, 0.3) is 11.1 Å². The highest BCUT2D eigenvalue weighted by Gasteiger charge is 2.34. The van der Waals surface area contributed by atoms with Crippen molar-refractivity contribution in [3.8, 4) is 11.1 Å². The van der Waals surface area contributed by atoms with Crippen molar-refractivity contribution >= 4 is 17.7 Å². The molecule has 6 heteroatoms. The number of rotatable bonds is 8. The molecule has 1 aliphatic heterocycles. The van der Waals surface area contributed by atoms with Crippen LogP contribution in [-0.4, -0.2) is 27.7 Å². The van der Waals surface area contributed by atoms with Crippen molar-refractivity contribution in [2.45, 2.75) is 38.8 Å². The first-order chi connectivity index (χ1) is 16.1. The second-order valence-electron chi connectivity index (χ2n) is 7.98. The van der Waals surface area contributed by atoms with Gasteiger partial charge in [-0.1, -0.05) is 91.3 Å². The number of carbonyl (C=O) groups excluding carboxylic acids is 1. The summed E-state index contributed by atoms with van der Waals surface area (Å²) in [6.45, 7) is 2.46. The molecule has 1 amide bonds. The molecule has 33 heavy (non-hydrogen) atoms. The molecule has 1 aliphatic rings. The third-order valence-electron chi connectivity index (χ3n) is 5.68. The van der Waals surface area contributed by atoms with E-state index in [0.717, 1.165) is 29.5 Å². The number of benzene rings is 3. The van der Waals surface area contributed by atoms with Crippen LogP contribution in [0.5, 0.6) is 0 Å². The molecule has 0 radical (unpaired) electrons. The van der Waals surface area contributed by atoms with E-state index in [1.54, 1.807) is 23.1 Å². The number of amides is 1. The molecule has 0 saturated heterocycles. The minimum absolute atomic E-state index is 0.136. The number of hydrogen-bond acceptors (Lipinski definition) is 4. The zero-order valence-electron chi connectivity index (χ0n) is 18.5. The Morgan fingerprint density at radius 3 is 2.39 bits per heavy atom. The third kappa shape index (κ3) is 4.95. The number of aromatic carboxylic acids is 1. The maximum absolute atomic E-state index is 13.4. The quantitative estimate of drug-likeness (QED) is 0.488. The Labute approximate surface area is 193 Å². The first-order valence-electron chi connectivity index (χ1n) is 11.1. The molecule has 0 spiro atoms. The lowest BCUT2D eigenvalue weighted by Crippen LogP contribution is -2.43. The van der Waals surface area contributed by atoms with Crippen LogP contribution < -0.4 is 0 Å². The van der Waals surface area contributed by atoms with E-state index in [0.29, 0.717) is 24.4 Å². The summed E-state index contributed by atoms with van der Waals surface area (Å²) in [5.41, 5.74) is 3.43. The lowest BCUT2D eigenvalue weighted by Gasteiger charge is -2.31. The van der Waals surface area contributed by atoms with Gasteiger partial charge in [0.2, 0.25) is 6.10 Å². The third-order valence-corrected chi connectivity index (χ3v) is 5.68. The minimum Gasteiger partial charge on any atom is -0.478 e. The van der Waals surface area contributed by atoms with Crippen LogP contribution in [0, 0.1) is 0 Å². The maximum atomic E-state index is 13.4. The number of carboxylic acid groups (broad SMARTS) is 1. The van der Waals surface area contributed by atoms with Gasteiger partial charge in [0.25, 0.3) is 5.91 Å². The van der Waals surface area contributed by atoms with Crippen molar-refractivity contribution in [3.63, 3.8) is 0 Å². The van der Waals surface area contributed by atoms with Crippen LogP contribution in [0.15, 0.2) is 84.0 Å². The van der Waals surface area contributed by atoms with Crippen molar-refractivity contribution in [3.05, 3.63) is 95.6 Å². The molecule has 6 nitrogen and oxygen atoms in total. The van der Waals surface area contributed by atoms with Gasteiger partial charge in [-0.2, -0.15) is 0 Å². The van der Waals surface area contributed by atoms with Gasteiger partial charge in [-0.25, -0.2) is 4.79 Å². The van der Waals surface area contributed by atoms with Crippen LogP contribution in [0.2, 0.25) is 0 Å². The Balaban J connectivity index is 1.59. The standard InChI is InChI=1S/C27H26N2O4/c1-2-3-13-24-28-33-25(21-9-5-4-6-10-21)26(30)29(24)18-19-14-16-20(17-15-19)22-11-7-8-12-23(22)27(31)32/h4-12,14-17,25H,2-3,13,18H2,1H3,(H,31,32). The Morgan fingerprint density at radius 1 is 1.00 bits per heavy atom. The predicted molar refractivity (Wildman–Crippen MR) is 127 cm³/mol. The average Bonchev–Trinajstić information content (AvgIpc) is 2.85. The van der Waals surface area contributed by atoms with Crippen LogP contribution in [0.4, 0.5) is 0 Å². The molecule has 0 saturated carbocycles. The number of oxime groups is 1. The van der Waals surface area contributed by atoms with Crippen molar-refractivity contribution in [2.24, 2.45) is 5.16 Å². The zero-order chi connectivity index (χ0) is 23.2. The molecular weight excluding hydrogens is 416 g/mol. The van der Waals surface area contributed by atoms with E-state index in [-0.39, 0.29) is 11.5 Å². The number of nitrogens with zero attached hydrogens (tertiary/aromatic N) is 2. The summed E-state index contributed by atoms with van der Waals surface area (Å²) in [7, 11) is 0. The normalized spacial score (nSPS) is 15.7. The van der Waals surface area contributed by atoms with E-state index in [2.05, 4.69) is 12.1 Å². The number of carbonyl (C=O) groups is 2. The molecule has 3 aromatic rings. The van der Waals surface area contributed by atoms with Crippen LogP contribution in [-0.2, 0) is 16.2 Å². The minimum atomic E-state index is -0.961. The van der Waals surface area contributed by atoms with Gasteiger partial charge in [-0.3, -0.25) is 9.69 Å². The summed E-state index contributed by atoms with van der Waals surface area (Å²) in [4.78, 5) is 32.2. The van der Waals surface area contributed by atoms with E-state index in [1.807, 2.05) is 60.7 Å². The number of unbranched alkanes of at least 4 members (excludes halogenated alkanes) is 1. The topological polar surface area (TPSA) is 79.2 Å². The smallest absolute Gasteiger partial charge is 0.336 e. The van der Waals surface area contributed by atoms with Gasteiger partial charge in [-0.15, -0.1) is 0 Å². The second-order valence-corrected chi connectivity index (χ2v) is 7.98. The second kappa shape index (κ2) is 10.1. The molecule has 0 fully saturated rings. The van der Waals surface area contributed by atoms with E-state index in [9.17, 15) is 14.7 Å². The fourth-order valence-electron chi connectivity index (χ4n) is 3.89. The lowest BCUT2D eigenvalue weighted by molar-refractivity contribution is -0.144. The Bertz CT molecular complexity index is 1160. The molecule has 1 unspecified atom stereocenters. The summed E-state index contributed by atoms with van der Waals surface area (Å²) >= 11 is 0. The SMILES string of the molecule is CCCCC1=NOC(c2ccccc2)C(=O)N1Cc1ccc(-c2ccccc2C(=O)O)cc1. The van der Waals surface area contributed by atoms with Gasteiger partial charge in [-0.05, 0) is 29.2 Å². The summed E-state index contributed by atoms with van der Waals surface area (Å²) in [5.74, 6) is -0.464. The van der Waals surface area contributed by atoms with Crippen LogP contribution in [0.3, 0.4) is 0 Å². The molecular formula is C27H26N2O4. The Kier molecular flexibility index (Phi) is 6.83. The summed E-state index contributed by atoms with van der Waals surface area (Å²) in [5, 5.41) is 13.8. The van der Waals surface area contributed by atoms with E-state index >= 15 is 0 Å². The molecule has 1 N–H and O–H groups in total. The largest absolute Gasteiger partial charge is 0.478 e. The van der Waals surface area contributed by atoms with Gasteiger partial charge in [0.15, 0.2) is 5.84 Å². The first-order valence-corrected chi connectivity index (χ1v) is 11.1. The van der Waals surface area contributed by atoms with E-state index in [1.165, 1.54) is 0 Å². The number of carboxylic acids is 1. The Morgan fingerprint density at radius 2 is 1.70 bits per heavy atom. The van der Waals surface area contributed by atoms with Crippen molar-refractivity contribution in [2.75, 3.05) is 0 Å². The first kappa shape index (κ1) is 22.3. The van der Waals surface area contributed by atoms with Crippen LogP contribution >= 0.6 is 0 Å². The fraction of sp³-hybridized carbons (Fsp3) is 0.222. The molecule has 3 aromatic carbocycles. The predicted octanol–water partition coefficient (Wildman–Crippen LogP) is 5.66.